The maximum absolute atomic E-state index is 8.66. The van der Waals surface area contributed by atoms with Gasteiger partial charge in [-0.05, 0) is 37.0 Å². The van der Waals surface area contributed by atoms with E-state index < -0.39 is 0 Å². The highest BCUT2D eigenvalue weighted by Gasteiger charge is 2.01. The first kappa shape index (κ1) is 14.9. The molecular weight excluding hydrogens is 264 g/mol. The Kier molecular flexibility index (Phi) is 5.64. The lowest BCUT2D eigenvalue weighted by Gasteiger charge is -2.07. The van der Waals surface area contributed by atoms with Gasteiger partial charge in [0.1, 0.15) is 5.75 Å². The molecule has 0 radical (unpaired) electrons. The van der Waals surface area contributed by atoms with Crippen LogP contribution in [0.1, 0.15) is 24.0 Å². The molecule has 0 aliphatic heterocycles. The molecule has 0 aliphatic rings. The van der Waals surface area contributed by atoms with Crippen LogP contribution in [0.2, 0.25) is 0 Å². The predicted octanol–water partition coefficient (Wildman–Crippen LogP) is 3.18. The third-order valence-electron chi connectivity index (χ3n) is 3.21. The third kappa shape index (κ3) is 4.84. The fourth-order valence-corrected chi connectivity index (χ4v) is 2.07. The Hall–Kier alpha value is -2.49. The first-order valence-electron chi connectivity index (χ1n) is 7.04. The first-order valence-corrected chi connectivity index (χ1v) is 7.04. The molecular formula is C17H20N2O2. The summed E-state index contributed by atoms with van der Waals surface area (Å²) in [6.07, 6.45) is 3.14. The number of hydrogen-bond donors (Lipinski definition) is 2. The maximum atomic E-state index is 8.66. The number of nitrogens with two attached hydrogens (primary N) is 1. The molecule has 0 heterocycles. The van der Waals surface area contributed by atoms with Gasteiger partial charge in [-0.15, -0.1) is 0 Å². The summed E-state index contributed by atoms with van der Waals surface area (Å²) in [6.45, 7) is 0.659. The first-order chi connectivity index (χ1) is 10.3. The highest BCUT2D eigenvalue weighted by molar-refractivity contribution is 5.97. The standard InChI is InChI=1S/C17H20N2O2/c18-17(19-20)15-10-6-11-16(13-15)21-12-5-4-9-14-7-2-1-3-8-14/h1-3,6-8,10-11,13,20H,4-5,9,12H2,(H2,18,19). The number of amidine groups is 1. The van der Waals surface area contributed by atoms with E-state index >= 15 is 0 Å². The summed E-state index contributed by atoms with van der Waals surface area (Å²) < 4.78 is 5.69. The lowest BCUT2D eigenvalue weighted by molar-refractivity contribution is 0.306. The number of benzene rings is 2. The van der Waals surface area contributed by atoms with Crippen molar-refractivity contribution >= 4 is 5.84 Å². The van der Waals surface area contributed by atoms with E-state index in [4.69, 9.17) is 15.7 Å². The predicted molar refractivity (Wildman–Crippen MR) is 83.8 cm³/mol. The number of nitrogens with zero attached hydrogens (tertiary/aromatic N) is 1. The SMILES string of the molecule is N/C(=N/O)c1cccc(OCCCCc2ccccc2)c1. The molecule has 3 N–H and O–H groups in total. The number of aryl methyl sites for hydroxylation is 1. The third-order valence-corrected chi connectivity index (χ3v) is 3.21. The summed E-state index contributed by atoms with van der Waals surface area (Å²) in [5.74, 6) is 0.823. The van der Waals surface area contributed by atoms with E-state index in [-0.39, 0.29) is 5.84 Å². The van der Waals surface area contributed by atoms with E-state index in [0.717, 1.165) is 25.0 Å². The van der Waals surface area contributed by atoms with Crippen molar-refractivity contribution in [3.63, 3.8) is 0 Å². The summed E-state index contributed by atoms with van der Waals surface area (Å²) in [5.41, 5.74) is 7.55. The van der Waals surface area contributed by atoms with Gasteiger partial charge in [0, 0.05) is 5.56 Å². The van der Waals surface area contributed by atoms with Crippen LogP contribution in [0.4, 0.5) is 0 Å². The molecule has 2 rings (SSSR count). The Morgan fingerprint density at radius 3 is 2.62 bits per heavy atom. The topological polar surface area (TPSA) is 67.8 Å². The second-order valence-electron chi connectivity index (χ2n) is 4.80. The summed E-state index contributed by atoms with van der Waals surface area (Å²) in [7, 11) is 0. The second kappa shape index (κ2) is 7.94. The average Bonchev–Trinajstić information content (AvgIpc) is 2.55. The summed E-state index contributed by atoms with van der Waals surface area (Å²) in [6, 6.07) is 17.7. The van der Waals surface area contributed by atoms with Crippen molar-refractivity contribution in [2.24, 2.45) is 10.9 Å². The summed E-state index contributed by atoms with van der Waals surface area (Å²) in [5, 5.41) is 11.6. The summed E-state index contributed by atoms with van der Waals surface area (Å²) in [4.78, 5) is 0. The molecule has 0 fully saturated rings. The van der Waals surface area contributed by atoms with E-state index in [1.807, 2.05) is 18.2 Å². The fourth-order valence-electron chi connectivity index (χ4n) is 2.07. The minimum Gasteiger partial charge on any atom is -0.494 e. The number of unbranched alkanes of at least 4 members (excludes halogenated alkanes) is 1. The number of hydrogen-bond acceptors (Lipinski definition) is 3. The molecule has 110 valence electrons. The largest absolute Gasteiger partial charge is 0.494 e. The minimum absolute atomic E-state index is 0.0875. The van der Waals surface area contributed by atoms with E-state index in [9.17, 15) is 0 Å². The quantitative estimate of drug-likeness (QED) is 0.270. The van der Waals surface area contributed by atoms with Gasteiger partial charge in [-0.3, -0.25) is 0 Å². The zero-order valence-corrected chi connectivity index (χ0v) is 11.9. The van der Waals surface area contributed by atoms with Crippen molar-refractivity contribution in [3.8, 4) is 5.75 Å². The van der Waals surface area contributed by atoms with E-state index in [2.05, 4.69) is 29.4 Å². The van der Waals surface area contributed by atoms with Crippen LogP contribution in [-0.4, -0.2) is 17.6 Å². The Morgan fingerprint density at radius 1 is 1.05 bits per heavy atom. The van der Waals surface area contributed by atoms with Crippen LogP contribution in [0.5, 0.6) is 5.75 Å². The van der Waals surface area contributed by atoms with Gasteiger partial charge >= 0.3 is 0 Å². The second-order valence-corrected chi connectivity index (χ2v) is 4.80. The number of rotatable bonds is 7. The molecule has 2 aromatic rings. The van der Waals surface area contributed by atoms with Gasteiger partial charge < -0.3 is 15.7 Å². The molecule has 0 bridgehead atoms. The molecule has 0 unspecified atom stereocenters. The van der Waals surface area contributed by atoms with Crippen LogP contribution in [-0.2, 0) is 6.42 Å². The molecule has 4 nitrogen and oxygen atoms in total. The Balaban J connectivity index is 1.74. The normalized spacial score (nSPS) is 11.3. The van der Waals surface area contributed by atoms with Gasteiger partial charge in [0.05, 0.1) is 6.61 Å². The summed E-state index contributed by atoms with van der Waals surface area (Å²) >= 11 is 0. The lowest BCUT2D eigenvalue weighted by Crippen LogP contribution is -2.13. The van der Waals surface area contributed by atoms with Crippen molar-refractivity contribution < 1.29 is 9.94 Å². The zero-order valence-electron chi connectivity index (χ0n) is 11.9. The van der Waals surface area contributed by atoms with Crippen molar-refractivity contribution in [1.29, 1.82) is 0 Å². The highest BCUT2D eigenvalue weighted by atomic mass is 16.5. The molecule has 0 aromatic heterocycles. The molecule has 0 saturated carbocycles. The molecule has 0 amide bonds. The van der Waals surface area contributed by atoms with E-state index in [1.54, 1.807) is 12.1 Å². The average molecular weight is 284 g/mol. The van der Waals surface area contributed by atoms with Crippen molar-refractivity contribution in [2.75, 3.05) is 6.61 Å². The van der Waals surface area contributed by atoms with Crippen LogP contribution < -0.4 is 10.5 Å². The van der Waals surface area contributed by atoms with Crippen LogP contribution in [0.25, 0.3) is 0 Å². The van der Waals surface area contributed by atoms with Gasteiger partial charge in [-0.1, -0.05) is 47.6 Å². The molecule has 21 heavy (non-hydrogen) atoms. The molecule has 0 spiro atoms. The van der Waals surface area contributed by atoms with Gasteiger partial charge in [-0.2, -0.15) is 0 Å². The van der Waals surface area contributed by atoms with Gasteiger partial charge in [-0.25, -0.2) is 0 Å². The Morgan fingerprint density at radius 2 is 1.86 bits per heavy atom. The molecule has 2 aromatic carbocycles. The number of ether oxygens (including phenoxy) is 1. The Bertz CT molecular complexity index is 582. The molecule has 0 atom stereocenters. The molecule has 4 heteroatoms. The lowest BCUT2D eigenvalue weighted by atomic mass is 10.1. The van der Waals surface area contributed by atoms with Crippen LogP contribution in [0, 0.1) is 0 Å². The van der Waals surface area contributed by atoms with Crippen molar-refractivity contribution in [3.05, 3.63) is 65.7 Å². The Labute approximate surface area is 124 Å². The van der Waals surface area contributed by atoms with E-state index in [0.29, 0.717) is 12.2 Å². The van der Waals surface area contributed by atoms with Gasteiger partial charge in [0.15, 0.2) is 5.84 Å². The van der Waals surface area contributed by atoms with Crippen molar-refractivity contribution in [2.45, 2.75) is 19.3 Å². The molecule has 0 aliphatic carbocycles. The highest BCUT2D eigenvalue weighted by Crippen LogP contribution is 2.14. The van der Waals surface area contributed by atoms with Crippen LogP contribution in [0.15, 0.2) is 59.8 Å². The molecule has 0 saturated heterocycles. The van der Waals surface area contributed by atoms with Crippen LogP contribution in [0.3, 0.4) is 0 Å². The fraction of sp³-hybridized carbons (Fsp3) is 0.235. The number of oxime groups is 1. The monoisotopic (exact) mass is 284 g/mol. The van der Waals surface area contributed by atoms with Crippen molar-refractivity contribution in [1.82, 2.24) is 0 Å². The zero-order chi connectivity index (χ0) is 14.9. The van der Waals surface area contributed by atoms with E-state index in [1.165, 1.54) is 5.56 Å². The smallest absolute Gasteiger partial charge is 0.170 e. The van der Waals surface area contributed by atoms with Crippen LogP contribution >= 0.6 is 0 Å². The minimum atomic E-state index is 0.0875. The maximum Gasteiger partial charge on any atom is 0.170 e. The van der Waals surface area contributed by atoms with Gasteiger partial charge in [0.2, 0.25) is 0 Å². The van der Waals surface area contributed by atoms with Gasteiger partial charge in [0.25, 0.3) is 0 Å².